The normalized spacial score (nSPS) is 31.7. The van der Waals surface area contributed by atoms with E-state index in [-0.39, 0.29) is 23.8 Å². The summed E-state index contributed by atoms with van der Waals surface area (Å²) in [6.07, 6.45) is 5.42. The maximum absolute atomic E-state index is 13.1. The number of hydrogen-bond acceptors (Lipinski definition) is 3. The average molecular weight is 303 g/mol. The van der Waals surface area contributed by atoms with Gasteiger partial charge < -0.3 is 4.90 Å². The molecule has 3 atom stereocenters. The van der Waals surface area contributed by atoms with Crippen LogP contribution in [0.4, 0.5) is 4.39 Å². The summed E-state index contributed by atoms with van der Waals surface area (Å²) in [5.74, 6) is 0.702. The highest BCUT2D eigenvalue weighted by Crippen LogP contribution is 2.37. The maximum atomic E-state index is 13.1. The van der Waals surface area contributed by atoms with Crippen LogP contribution in [0.3, 0.4) is 0 Å². The monoisotopic (exact) mass is 303 g/mol. The standard InChI is InChI=1S/C17H22FN3O/c18-13-7-5-12(6-8-13)16-2-1-9-21(16)17(22)15-10-14(19-20-15)11-3-4-11/h5-8,11,14-16,19-20H,1-4,9-10H2. The van der Waals surface area contributed by atoms with E-state index in [1.165, 1.54) is 25.0 Å². The molecule has 0 aromatic heterocycles. The van der Waals surface area contributed by atoms with E-state index in [2.05, 4.69) is 10.9 Å². The number of likely N-dealkylation sites (tertiary alicyclic amines) is 1. The highest BCUT2D eigenvalue weighted by Gasteiger charge is 2.41. The second kappa shape index (κ2) is 5.63. The molecule has 4 rings (SSSR count). The first-order valence-electron chi connectivity index (χ1n) is 8.29. The molecule has 3 unspecified atom stereocenters. The van der Waals surface area contributed by atoms with E-state index in [0.717, 1.165) is 37.3 Å². The largest absolute Gasteiger partial charge is 0.334 e. The Morgan fingerprint density at radius 1 is 1.14 bits per heavy atom. The number of carbonyl (C=O) groups excluding carboxylic acids is 1. The summed E-state index contributed by atoms with van der Waals surface area (Å²) < 4.78 is 13.1. The smallest absolute Gasteiger partial charge is 0.241 e. The van der Waals surface area contributed by atoms with Crippen LogP contribution in [0.2, 0.25) is 0 Å². The van der Waals surface area contributed by atoms with Crippen LogP contribution in [-0.2, 0) is 4.79 Å². The predicted octanol–water partition coefficient (Wildman–Crippen LogP) is 2.13. The molecule has 1 saturated carbocycles. The number of amides is 1. The Labute approximate surface area is 130 Å². The minimum atomic E-state index is -0.228. The number of rotatable bonds is 3. The van der Waals surface area contributed by atoms with E-state index < -0.39 is 0 Å². The summed E-state index contributed by atoms with van der Waals surface area (Å²) in [5, 5.41) is 0. The van der Waals surface area contributed by atoms with Gasteiger partial charge in [-0.1, -0.05) is 12.1 Å². The zero-order chi connectivity index (χ0) is 15.1. The van der Waals surface area contributed by atoms with E-state index in [9.17, 15) is 9.18 Å². The van der Waals surface area contributed by atoms with Gasteiger partial charge in [-0.05, 0) is 55.7 Å². The van der Waals surface area contributed by atoms with Crippen molar-refractivity contribution in [2.75, 3.05) is 6.54 Å². The van der Waals surface area contributed by atoms with Crippen LogP contribution in [0.1, 0.15) is 43.7 Å². The maximum Gasteiger partial charge on any atom is 0.241 e. The Morgan fingerprint density at radius 2 is 1.91 bits per heavy atom. The average Bonchev–Trinajstić information content (AvgIpc) is 3.08. The number of nitrogens with zero attached hydrogens (tertiary/aromatic N) is 1. The highest BCUT2D eigenvalue weighted by atomic mass is 19.1. The first kappa shape index (κ1) is 14.2. The fourth-order valence-electron chi connectivity index (χ4n) is 3.81. The second-order valence-electron chi connectivity index (χ2n) is 6.76. The fourth-order valence-corrected chi connectivity index (χ4v) is 3.81. The van der Waals surface area contributed by atoms with Crippen molar-refractivity contribution in [3.05, 3.63) is 35.6 Å². The molecule has 2 heterocycles. The first-order valence-corrected chi connectivity index (χ1v) is 8.29. The van der Waals surface area contributed by atoms with Crippen molar-refractivity contribution in [3.8, 4) is 0 Å². The van der Waals surface area contributed by atoms with E-state index in [4.69, 9.17) is 0 Å². The highest BCUT2D eigenvalue weighted by molar-refractivity contribution is 5.83. The lowest BCUT2D eigenvalue weighted by Gasteiger charge is -2.27. The van der Waals surface area contributed by atoms with Crippen molar-refractivity contribution < 1.29 is 9.18 Å². The van der Waals surface area contributed by atoms with E-state index in [0.29, 0.717) is 6.04 Å². The van der Waals surface area contributed by atoms with E-state index >= 15 is 0 Å². The van der Waals surface area contributed by atoms with Crippen molar-refractivity contribution in [1.82, 2.24) is 15.8 Å². The molecule has 0 bridgehead atoms. The van der Waals surface area contributed by atoms with Gasteiger partial charge in [-0.15, -0.1) is 0 Å². The molecule has 2 aliphatic heterocycles. The Bertz CT molecular complexity index is 558. The number of halogens is 1. The predicted molar refractivity (Wildman–Crippen MR) is 81.3 cm³/mol. The molecule has 4 nitrogen and oxygen atoms in total. The van der Waals surface area contributed by atoms with Gasteiger partial charge in [0.15, 0.2) is 0 Å². The summed E-state index contributed by atoms with van der Waals surface area (Å²) in [6, 6.07) is 6.99. The van der Waals surface area contributed by atoms with Gasteiger partial charge in [-0.25, -0.2) is 9.82 Å². The third-order valence-electron chi connectivity index (χ3n) is 5.21. The fraction of sp³-hybridized carbons (Fsp3) is 0.588. The molecular formula is C17H22FN3O. The molecule has 22 heavy (non-hydrogen) atoms. The zero-order valence-corrected chi connectivity index (χ0v) is 12.6. The lowest BCUT2D eigenvalue weighted by molar-refractivity contribution is -0.134. The Hall–Kier alpha value is -1.46. The third-order valence-corrected chi connectivity index (χ3v) is 5.21. The van der Waals surface area contributed by atoms with Crippen LogP contribution in [-0.4, -0.2) is 29.4 Å². The van der Waals surface area contributed by atoms with Gasteiger partial charge in [0.1, 0.15) is 11.9 Å². The zero-order valence-electron chi connectivity index (χ0n) is 12.6. The van der Waals surface area contributed by atoms with Gasteiger partial charge in [-0.3, -0.25) is 10.2 Å². The minimum Gasteiger partial charge on any atom is -0.334 e. The number of hydrazine groups is 1. The van der Waals surface area contributed by atoms with Crippen LogP contribution >= 0.6 is 0 Å². The lowest BCUT2D eigenvalue weighted by atomic mass is 10.0. The summed E-state index contributed by atoms with van der Waals surface area (Å²) in [6.45, 7) is 0.799. The van der Waals surface area contributed by atoms with Crippen molar-refractivity contribution in [1.29, 1.82) is 0 Å². The summed E-state index contributed by atoms with van der Waals surface area (Å²) in [5.41, 5.74) is 7.51. The van der Waals surface area contributed by atoms with Crippen molar-refractivity contribution >= 4 is 5.91 Å². The molecular weight excluding hydrogens is 281 g/mol. The molecule has 5 heteroatoms. The Kier molecular flexibility index (Phi) is 3.62. The molecule has 118 valence electrons. The van der Waals surface area contributed by atoms with Crippen molar-refractivity contribution in [3.63, 3.8) is 0 Å². The molecule has 3 fully saturated rings. The quantitative estimate of drug-likeness (QED) is 0.899. The molecule has 0 spiro atoms. The van der Waals surface area contributed by atoms with Crippen LogP contribution in [0, 0.1) is 11.7 Å². The second-order valence-corrected chi connectivity index (χ2v) is 6.76. The Balaban J connectivity index is 1.46. The van der Waals surface area contributed by atoms with Gasteiger partial charge in [0, 0.05) is 12.6 Å². The van der Waals surface area contributed by atoms with Crippen molar-refractivity contribution in [2.45, 2.75) is 50.2 Å². The SMILES string of the molecule is O=C(C1CC(C2CC2)NN1)N1CCCC1c1ccc(F)cc1. The van der Waals surface area contributed by atoms with Crippen LogP contribution < -0.4 is 10.9 Å². The summed E-state index contributed by atoms with van der Waals surface area (Å²) in [7, 11) is 0. The number of hydrogen-bond donors (Lipinski definition) is 2. The van der Waals surface area contributed by atoms with E-state index in [1.807, 2.05) is 4.90 Å². The van der Waals surface area contributed by atoms with Crippen LogP contribution in [0.5, 0.6) is 0 Å². The van der Waals surface area contributed by atoms with Gasteiger partial charge in [0.25, 0.3) is 0 Å². The number of carbonyl (C=O) groups is 1. The van der Waals surface area contributed by atoms with Gasteiger partial charge in [0.2, 0.25) is 5.91 Å². The molecule has 3 aliphatic rings. The molecule has 2 saturated heterocycles. The molecule has 1 amide bonds. The summed E-state index contributed by atoms with van der Waals surface area (Å²) >= 11 is 0. The third kappa shape index (κ3) is 2.63. The Morgan fingerprint density at radius 3 is 2.64 bits per heavy atom. The molecule has 0 radical (unpaired) electrons. The van der Waals surface area contributed by atoms with Crippen LogP contribution in [0.25, 0.3) is 0 Å². The van der Waals surface area contributed by atoms with Gasteiger partial charge >= 0.3 is 0 Å². The molecule has 1 aliphatic carbocycles. The van der Waals surface area contributed by atoms with Crippen molar-refractivity contribution in [2.24, 2.45) is 5.92 Å². The minimum absolute atomic E-state index is 0.0925. The molecule has 2 N–H and O–H groups in total. The number of benzene rings is 1. The molecule has 1 aromatic carbocycles. The summed E-state index contributed by atoms with van der Waals surface area (Å²) in [4.78, 5) is 14.8. The van der Waals surface area contributed by atoms with E-state index in [1.54, 1.807) is 12.1 Å². The first-order chi connectivity index (χ1) is 10.7. The van der Waals surface area contributed by atoms with Crippen LogP contribution in [0.15, 0.2) is 24.3 Å². The van der Waals surface area contributed by atoms with Gasteiger partial charge in [-0.2, -0.15) is 0 Å². The lowest BCUT2D eigenvalue weighted by Crippen LogP contribution is -2.45. The molecule has 1 aromatic rings. The van der Waals surface area contributed by atoms with Gasteiger partial charge in [0.05, 0.1) is 6.04 Å². The number of nitrogens with one attached hydrogen (secondary N) is 2. The topological polar surface area (TPSA) is 44.4 Å².